The van der Waals surface area contributed by atoms with E-state index < -0.39 is 11.0 Å². The second kappa shape index (κ2) is 8.68. The number of nitrogens with one attached hydrogen (secondary N) is 1. The second-order valence-corrected chi connectivity index (χ2v) is 7.34. The number of nitro benzene ring substituents is 1. The number of nitro groups is 1. The number of ether oxygens (including phenoxy) is 1. The number of hydrogen-bond acceptors (Lipinski definition) is 5. The third-order valence-electron chi connectivity index (χ3n) is 4.59. The first kappa shape index (κ1) is 20.3. The minimum Gasteiger partial charge on any atom is -0.373 e. The monoisotopic (exact) mass is 403 g/mol. The van der Waals surface area contributed by atoms with Gasteiger partial charge >= 0.3 is 0 Å². The number of halogens is 1. The molecule has 1 aliphatic heterocycles. The zero-order valence-electron chi connectivity index (χ0n) is 15.7. The van der Waals surface area contributed by atoms with E-state index in [1.807, 2.05) is 44.2 Å². The maximum atomic E-state index is 13.2. The van der Waals surface area contributed by atoms with Crippen LogP contribution in [0.5, 0.6) is 0 Å². The van der Waals surface area contributed by atoms with Crippen molar-refractivity contribution < 1.29 is 14.5 Å². The number of anilines is 1. The molecule has 0 aromatic heterocycles. The topological polar surface area (TPSA) is 84.7 Å². The minimum absolute atomic E-state index is 0.000573. The number of rotatable bonds is 5. The maximum absolute atomic E-state index is 13.2. The molecule has 8 heteroatoms. The molecule has 3 atom stereocenters. The van der Waals surface area contributed by atoms with Crippen molar-refractivity contribution in [1.82, 2.24) is 4.90 Å². The van der Waals surface area contributed by atoms with Crippen LogP contribution in [0, 0.1) is 10.1 Å². The molecule has 2 aromatic carbocycles. The minimum atomic E-state index is -0.571. The quantitative estimate of drug-likeness (QED) is 0.601. The van der Waals surface area contributed by atoms with E-state index in [9.17, 15) is 14.9 Å². The zero-order valence-corrected chi connectivity index (χ0v) is 16.4. The van der Waals surface area contributed by atoms with Gasteiger partial charge in [-0.3, -0.25) is 19.8 Å². The van der Waals surface area contributed by atoms with Crippen molar-refractivity contribution in [2.24, 2.45) is 0 Å². The summed E-state index contributed by atoms with van der Waals surface area (Å²) >= 11 is 5.86. The first-order valence-corrected chi connectivity index (χ1v) is 9.42. The third-order valence-corrected chi connectivity index (χ3v) is 4.91. The van der Waals surface area contributed by atoms with Gasteiger partial charge in [0.25, 0.3) is 5.69 Å². The molecule has 1 amide bonds. The predicted molar refractivity (Wildman–Crippen MR) is 108 cm³/mol. The molecule has 2 aromatic rings. The lowest BCUT2D eigenvalue weighted by Gasteiger charge is -2.39. The van der Waals surface area contributed by atoms with Crippen LogP contribution in [0.3, 0.4) is 0 Å². The van der Waals surface area contributed by atoms with E-state index in [4.69, 9.17) is 16.3 Å². The van der Waals surface area contributed by atoms with Crippen LogP contribution in [0.15, 0.2) is 48.5 Å². The molecule has 7 nitrogen and oxygen atoms in total. The van der Waals surface area contributed by atoms with Crippen molar-refractivity contribution in [3.8, 4) is 0 Å². The highest BCUT2D eigenvalue weighted by Gasteiger charge is 2.33. The number of carbonyl (C=O) groups excluding carboxylic acids is 1. The number of nitrogens with zero attached hydrogens (tertiary/aromatic N) is 2. The predicted octanol–water partition coefficient (Wildman–Crippen LogP) is 4.04. The number of benzene rings is 2. The summed E-state index contributed by atoms with van der Waals surface area (Å²) < 4.78 is 5.79. The summed E-state index contributed by atoms with van der Waals surface area (Å²) in [5.41, 5.74) is 0.936. The molecule has 28 heavy (non-hydrogen) atoms. The molecule has 0 unspecified atom stereocenters. The smallest absolute Gasteiger partial charge is 0.289 e. The molecule has 0 bridgehead atoms. The number of hydrogen-bond donors (Lipinski definition) is 1. The van der Waals surface area contributed by atoms with Crippen LogP contribution in [-0.4, -0.2) is 41.0 Å². The van der Waals surface area contributed by atoms with Crippen LogP contribution < -0.4 is 5.32 Å². The fraction of sp³-hybridized carbons (Fsp3) is 0.350. The van der Waals surface area contributed by atoms with Gasteiger partial charge in [0, 0.05) is 24.8 Å². The van der Waals surface area contributed by atoms with Crippen LogP contribution in [0.1, 0.15) is 25.5 Å². The number of carbonyl (C=O) groups is 1. The molecule has 1 aliphatic rings. The average Bonchev–Trinajstić information content (AvgIpc) is 2.63. The van der Waals surface area contributed by atoms with Crippen molar-refractivity contribution >= 4 is 28.9 Å². The van der Waals surface area contributed by atoms with Crippen LogP contribution >= 0.6 is 11.6 Å². The lowest BCUT2D eigenvalue weighted by Crippen LogP contribution is -2.49. The van der Waals surface area contributed by atoms with Crippen molar-refractivity contribution in [2.45, 2.75) is 32.1 Å². The number of amides is 1. The van der Waals surface area contributed by atoms with Gasteiger partial charge < -0.3 is 10.1 Å². The van der Waals surface area contributed by atoms with Gasteiger partial charge in [0.1, 0.15) is 11.1 Å². The Bertz CT molecular complexity index is 852. The van der Waals surface area contributed by atoms with Gasteiger partial charge in [0.15, 0.2) is 0 Å². The normalized spacial score (nSPS) is 21.1. The van der Waals surface area contributed by atoms with E-state index in [-0.39, 0.29) is 28.8 Å². The summed E-state index contributed by atoms with van der Waals surface area (Å²) in [5.74, 6) is -0.260. The van der Waals surface area contributed by atoms with E-state index in [1.54, 1.807) is 6.07 Å². The van der Waals surface area contributed by atoms with Gasteiger partial charge in [-0.15, -0.1) is 0 Å². The summed E-state index contributed by atoms with van der Waals surface area (Å²) in [4.78, 5) is 25.8. The molecule has 1 fully saturated rings. The molecular weight excluding hydrogens is 382 g/mol. The molecule has 0 radical (unpaired) electrons. The first-order valence-electron chi connectivity index (χ1n) is 9.04. The lowest BCUT2D eigenvalue weighted by atomic mass is 10.0. The van der Waals surface area contributed by atoms with Crippen LogP contribution in [0.4, 0.5) is 11.4 Å². The zero-order chi connectivity index (χ0) is 20.3. The molecule has 148 valence electrons. The Balaban J connectivity index is 1.89. The van der Waals surface area contributed by atoms with Gasteiger partial charge in [-0.25, -0.2) is 0 Å². The Hall–Kier alpha value is -2.48. The summed E-state index contributed by atoms with van der Waals surface area (Å²) in [6.07, 6.45) is -0.00115. The highest BCUT2D eigenvalue weighted by molar-refractivity contribution is 6.32. The largest absolute Gasteiger partial charge is 0.373 e. The van der Waals surface area contributed by atoms with Crippen LogP contribution in [-0.2, 0) is 9.53 Å². The molecule has 0 aliphatic carbocycles. The Morgan fingerprint density at radius 3 is 2.46 bits per heavy atom. The molecular formula is C20H22ClN3O4. The molecule has 1 saturated heterocycles. The fourth-order valence-electron chi connectivity index (χ4n) is 3.53. The van der Waals surface area contributed by atoms with Crippen LogP contribution in [0.2, 0.25) is 5.02 Å². The Labute approximate surface area is 168 Å². The number of morpholine rings is 1. The Kier molecular flexibility index (Phi) is 6.28. The Morgan fingerprint density at radius 1 is 1.21 bits per heavy atom. The van der Waals surface area contributed by atoms with Gasteiger partial charge in [-0.1, -0.05) is 41.9 Å². The summed E-state index contributed by atoms with van der Waals surface area (Å²) in [6.45, 7) is 5.17. The fourth-order valence-corrected chi connectivity index (χ4v) is 3.72. The summed E-state index contributed by atoms with van der Waals surface area (Å²) in [5, 5.41) is 14.0. The molecule has 1 N–H and O–H groups in total. The average molecular weight is 404 g/mol. The van der Waals surface area contributed by atoms with Gasteiger partial charge in [-0.2, -0.15) is 0 Å². The van der Waals surface area contributed by atoms with E-state index in [0.29, 0.717) is 18.8 Å². The van der Waals surface area contributed by atoms with Gasteiger partial charge in [0.2, 0.25) is 5.91 Å². The van der Waals surface area contributed by atoms with E-state index in [2.05, 4.69) is 10.2 Å². The third kappa shape index (κ3) is 4.67. The van der Waals surface area contributed by atoms with Crippen molar-refractivity contribution in [3.63, 3.8) is 0 Å². The first-order chi connectivity index (χ1) is 13.3. The Morgan fingerprint density at radius 2 is 1.86 bits per heavy atom. The molecule has 1 heterocycles. The van der Waals surface area contributed by atoms with Crippen LogP contribution in [0.25, 0.3) is 0 Å². The van der Waals surface area contributed by atoms with Crippen molar-refractivity contribution in [3.05, 3.63) is 69.2 Å². The standard InChI is InChI=1S/C20H22ClN3O4/c1-13-11-23(12-14(2)28-13)19(15-6-4-3-5-7-15)20(25)22-16-8-9-17(21)18(10-16)24(26)27/h3-10,13-14,19H,11-12H2,1-2H3,(H,22,25)/t13-,14-,19+/m1/s1. The van der Waals surface area contributed by atoms with E-state index in [0.717, 1.165) is 5.56 Å². The summed E-state index contributed by atoms with van der Waals surface area (Å²) in [6, 6.07) is 13.2. The lowest BCUT2D eigenvalue weighted by molar-refractivity contribution is -0.384. The van der Waals surface area contributed by atoms with Gasteiger partial charge in [-0.05, 0) is 31.5 Å². The molecule has 0 saturated carbocycles. The van der Waals surface area contributed by atoms with Crippen molar-refractivity contribution in [2.75, 3.05) is 18.4 Å². The SMILES string of the molecule is C[C@@H]1CN([C@H](C(=O)Nc2ccc(Cl)c([N+](=O)[O-])c2)c2ccccc2)C[C@@H](C)O1. The summed E-state index contributed by atoms with van der Waals surface area (Å²) in [7, 11) is 0. The highest BCUT2D eigenvalue weighted by atomic mass is 35.5. The van der Waals surface area contributed by atoms with Crippen molar-refractivity contribution in [1.29, 1.82) is 0 Å². The maximum Gasteiger partial charge on any atom is 0.289 e. The molecule has 0 spiro atoms. The van der Waals surface area contributed by atoms with Gasteiger partial charge in [0.05, 0.1) is 17.1 Å². The molecule has 3 rings (SSSR count). The second-order valence-electron chi connectivity index (χ2n) is 6.94. The van der Waals surface area contributed by atoms with E-state index in [1.165, 1.54) is 12.1 Å². The highest BCUT2D eigenvalue weighted by Crippen LogP contribution is 2.30. The van der Waals surface area contributed by atoms with E-state index >= 15 is 0 Å².